The van der Waals surface area contributed by atoms with Gasteiger partial charge < -0.3 is 29.7 Å². The molecule has 0 aromatic heterocycles. The average Bonchev–Trinajstić information content (AvgIpc) is 3.64. The lowest BCUT2D eigenvalue weighted by Gasteiger charge is -2.37. The zero-order valence-electron chi connectivity index (χ0n) is 24.3. The molecule has 7 atom stereocenters. The molecular formula is C32H41N3O7. The summed E-state index contributed by atoms with van der Waals surface area (Å²) in [6.45, 7) is 4.32. The highest BCUT2D eigenvalue weighted by Crippen LogP contribution is 2.56. The van der Waals surface area contributed by atoms with E-state index in [1.54, 1.807) is 24.0 Å². The molecule has 226 valence electrons. The Balaban J connectivity index is 1.54. The molecule has 5 rings (SSSR count). The monoisotopic (exact) mass is 579 g/mol. The van der Waals surface area contributed by atoms with Gasteiger partial charge in [-0.3, -0.25) is 19.2 Å². The molecule has 0 unspecified atom stereocenters. The Labute approximate surface area is 246 Å². The van der Waals surface area contributed by atoms with Crippen LogP contribution in [0.5, 0.6) is 0 Å². The number of amides is 3. The maximum absolute atomic E-state index is 14.4. The second kappa shape index (κ2) is 12.8. The first-order chi connectivity index (χ1) is 20.3. The van der Waals surface area contributed by atoms with Gasteiger partial charge in [0, 0.05) is 19.5 Å². The molecule has 1 spiro atoms. The molecule has 0 saturated carbocycles. The minimum Gasteiger partial charge on any atom is -0.455 e. The largest absolute Gasteiger partial charge is 0.455 e. The van der Waals surface area contributed by atoms with Gasteiger partial charge in [0.05, 0.1) is 31.2 Å². The standard InChI is InChI=1S/C32H41N3O7/c1-3-4-10-17-34-18-11-6-9-14-25(37)33-19-24(22-12-7-5-8-13-22)41-31(40)26-23-15-16-32(42-23)27(26)29(38)35(21(2)20-36)28(32)30(34)39/h5-8,11-13,15-16,21,23-24,26-28,36H,3-4,9-10,14,17-20H2,1-2H3,(H,33,37)/b11-6-/t21-,23+,24+,26-,27-,28+,32-/m1/s1. The fraction of sp³-hybridized carbons (Fsp3) is 0.562. The van der Waals surface area contributed by atoms with Crippen LogP contribution in [-0.4, -0.2) is 88.6 Å². The van der Waals surface area contributed by atoms with E-state index in [0.29, 0.717) is 25.1 Å². The van der Waals surface area contributed by atoms with Gasteiger partial charge in [0.1, 0.15) is 23.7 Å². The molecule has 0 radical (unpaired) electrons. The Morgan fingerprint density at radius 3 is 2.62 bits per heavy atom. The third-order valence-electron chi connectivity index (χ3n) is 8.85. The number of carbonyl (C=O) groups is 4. The lowest BCUT2D eigenvalue weighted by molar-refractivity contribution is -0.160. The number of esters is 1. The summed E-state index contributed by atoms with van der Waals surface area (Å²) in [6.07, 6.45) is 9.22. The predicted octanol–water partition coefficient (Wildman–Crippen LogP) is 2.29. The van der Waals surface area contributed by atoms with Crippen LogP contribution in [0, 0.1) is 11.8 Å². The van der Waals surface area contributed by atoms with E-state index in [9.17, 15) is 24.3 Å². The topological polar surface area (TPSA) is 125 Å². The molecule has 1 aromatic rings. The minimum absolute atomic E-state index is 0.0795. The SMILES string of the molecule is CCCCCN1C/C=C\CCC(=O)NC[C@@H](c2ccccc2)OC(=O)[C@@H]2[C@@H]3C=C[C@]4(O3)[C@H](C1=O)N([C@H](C)CO)C(=O)[C@@H]24. The van der Waals surface area contributed by atoms with E-state index < -0.39 is 53.6 Å². The van der Waals surface area contributed by atoms with Crippen molar-refractivity contribution < 1.29 is 33.8 Å². The van der Waals surface area contributed by atoms with Crippen LogP contribution >= 0.6 is 0 Å². The molecule has 3 amide bonds. The Kier molecular flexibility index (Phi) is 9.13. The predicted molar refractivity (Wildman–Crippen MR) is 154 cm³/mol. The van der Waals surface area contributed by atoms with Crippen molar-refractivity contribution in [3.63, 3.8) is 0 Å². The van der Waals surface area contributed by atoms with Crippen molar-refractivity contribution in [1.29, 1.82) is 0 Å². The maximum atomic E-state index is 14.4. The summed E-state index contributed by atoms with van der Waals surface area (Å²) in [4.78, 5) is 58.2. The molecule has 2 fully saturated rings. The number of rotatable bonds is 7. The van der Waals surface area contributed by atoms with Gasteiger partial charge in [-0.25, -0.2) is 0 Å². The van der Waals surface area contributed by atoms with Crippen LogP contribution in [-0.2, 0) is 28.7 Å². The molecular weight excluding hydrogens is 538 g/mol. The van der Waals surface area contributed by atoms with Crippen molar-refractivity contribution >= 4 is 23.7 Å². The number of carbonyl (C=O) groups excluding carboxylic acids is 4. The van der Waals surface area contributed by atoms with E-state index in [4.69, 9.17) is 9.47 Å². The van der Waals surface area contributed by atoms with E-state index in [-0.39, 0.29) is 31.4 Å². The summed E-state index contributed by atoms with van der Waals surface area (Å²) in [6, 6.07) is 7.45. The van der Waals surface area contributed by atoms with Gasteiger partial charge in [-0.05, 0) is 25.3 Å². The summed E-state index contributed by atoms with van der Waals surface area (Å²) < 4.78 is 12.5. The lowest BCUT2D eigenvalue weighted by atomic mass is 9.74. The molecule has 5 bridgehead atoms. The van der Waals surface area contributed by atoms with Gasteiger partial charge in [-0.2, -0.15) is 0 Å². The fourth-order valence-corrected chi connectivity index (χ4v) is 6.68. The number of nitrogens with one attached hydrogen (secondary N) is 1. The van der Waals surface area contributed by atoms with Crippen molar-refractivity contribution in [2.24, 2.45) is 11.8 Å². The second-order valence-corrected chi connectivity index (χ2v) is 11.6. The van der Waals surface area contributed by atoms with E-state index in [1.807, 2.05) is 42.5 Å². The van der Waals surface area contributed by atoms with Gasteiger partial charge >= 0.3 is 5.97 Å². The minimum atomic E-state index is -1.34. The average molecular weight is 580 g/mol. The van der Waals surface area contributed by atoms with Crippen LogP contribution in [0.15, 0.2) is 54.6 Å². The third-order valence-corrected chi connectivity index (χ3v) is 8.85. The first-order valence-electron chi connectivity index (χ1n) is 15.1. The Morgan fingerprint density at radius 1 is 1.10 bits per heavy atom. The Morgan fingerprint density at radius 2 is 1.88 bits per heavy atom. The highest BCUT2D eigenvalue weighted by atomic mass is 16.6. The summed E-state index contributed by atoms with van der Waals surface area (Å²) in [5, 5.41) is 13.0. The normalized spacial score (nSPS) is 33.0. The number of likely N-dealkylation sites (tertiary alicyclic amines) is 1. The van der Waals surface area contributed by atoms with Crippen LogP contribution in [0.3, 0.4) is 0 Å². The number of cyclic esters (lactones) is 1. The molecule has 42 heavy (non-hydrogen) atoms. The number of hydrogen-bond donors (Lipinski definition) is 2. The van der Waals surface area contributed by atoms with Crippen molar-refractivity contribution in [1.82, 2.24) is 15.1 Å². The van der Waals surface area contributed by atoms with Crippen LogP contribution in [0.25, 0.3) is 0 Å². The smallest absolute Gasteiger partial charge is 0.313 e. The molecule has 4 aliphatic rings. The summed E-state index contributed by atoms with van der Waals surface area (Å²) in [5.74, 6) is -3.43. The van der Waals surface area contributed by atoms with Gasteiger partial charge in [-0.15, -0.1) is 0 Å². The number of nitrogens with zero attached hydrogens (tertiary/aromatic N) is 2. The number of fused-ring (bicyclic) bond motifs is 2. The third kappa shape index (κ3) is 5.49. The fourth-order valence-electron chi connectivity index (χ4n) is 6.68. The van der Waals surface area contributed by atoms with Crippen LogP contribution in [0.2, 0.25) is 0 Å². The number of aliphatic hydroxyl groups excluding tert-OH is 1. The molecule has 10 nitrogen and oxygen atoms in total. The van der Waals surface area contributed by atoms with Crippen molar-refractivity contribution in [3.05, 3.63) is 60.2 Å². The molecule has 1 aromatic carbocycles. The summed E-state index contributed by atoms with van der Waals surface area (Å²) in [7, 11) is 0. The Bertz CT molecular complexity index is 1230. The number of allylic oxidation sites excluding steroid dienone is 1. The highest BCUT2D eigenvalue weighted by Gasteiger charge is 2.74. The Hall–Kier alpha value is -3.50. The lowest BCUT2D eigenvalue weighted by Crippen LogP contribution is -2.58. The molecule has 2 saturated heterocycles. The highest BCUT2D eigenvalue weighted by molar-refractivity contribution is 5.99. The zero-order chi connectivity index (χ0) is 29.9. The summed E-state index contributed by atoms with van der Waals surface area (Å²) in [5.41, 5.74) is -0.634. The first kappa shape index (κ1) is 30.0. The van der Waals surface area contributed by atoms with Gasteiger partial charge in [0.25, 0.3) is 0 Å². The van der Waals surface area contributed by atoms with Crippen LogP contribution < -0.4 is 5.32 Å². The zero-order valence-corrected chi connectivity index (χ0v) is 24.3. The number of aliphatic hydroxyl groups is 1. The number of benzene rings is 1. The quantitative estimate of drug-likeness (QED) is 0.289. The van der Waals surface area contributed by atoms with E-state index in [0.717, 1.165) is 19.3 Å². The van der Waals surface area contributed by atoms with Crippen molar-refractivity contribution in [2.75, 3.05) is 26.2 Å². The summed E-state index contributed by atoms with van der Waals surface area (Å²) >= 11 is 0. The van der Waals surface area contributed by atoms with Crippen molar-refractivity contribution in [2.45, 2.75) is 75.8 Å². The molecule has 10 heteroatoms. The van der Waals surface area contributed by atoms with Crippen LogP contribution in [0.4, 0.5) is 0 Å². The van der Waals surface area contributed by atoms with Gasteiger partial charge in [0.15, 0.2) is 0 Å². The molecule has 2 N–H and O–H groups in total. The van der Waals surface area contributed by atoms with Crippen LogP contribution in [0.1, 0.15) is 57.6 Å². The number of unbranched alkanes of at least 4 members (excludes halogenated alkanes) is 2. The number of hydrogen-bond acceptors (Lipinski definition) is 7. The maximum Gasteiger partial charge on any atom is 0.313 e. The molecule has 0 aliphatic carbocycles. The molecule has 4 heterocycles. The number of ether oxygens (including phenoxy) is 2. The van der Waals surface area contributed by atoms with Crippen molar-refractivity contribution in [3.8, 4) is 0 Å². The van der Waals surface area contributed by atoms with Gasteiger partial charge in [-0.1, -0.05) is 74.4 Å². The first-order valence-corrected chi connectivity index (χ1v) is 15.1. The van der Waals surface area contributed by atoms with E-state index in [2.05, 4.69) is 12.2 Å². The van der Waals surface area contributed by atoms with E-state index in [1.165, 1.54) is 4.90 Å². The second-order valence-electron chi connectivity index (χ2n) is 11.6. The molecule has 4 aliphatic heterocycles. The van der Waals surface area contributed by atoms with E-state index >= 15 is 0 Å². The van der Waals surface area contributed by atoms with Gasteiger partial charge in [0.2, 0.25) is 17.7 Å².